The first-order valence-corrected chi connectivity index (χ1v) is 7.16. The Balaban J connectivity index is 2.03. The largest absolute Gasteiger partial charge is 0.339 e. The maximum absolute atomic E-state index is 12.5. The summed E-state index contributed by atoms with van der Waals surface area (Å²) >= 11 is 7.60. The number of rotatable bonds is 2. The number of halogens is 1. The van der Waals surface area contributed by atoms with E-state index in [4.69, 9.17) is 11.6 Å². The van der Waals surface area contributed by atoms with Crippen molar-refractivity contribution in [2.45, 2.75) is 18.5 Å². The lowest BCUT2D eigenvalue weighted by atomic mass is 10.1. The Morgan fingerprint density at radius 1 is 1.33 bits per heavy atom. The van der Waals surface area contributed by atoms with Crippen LogP contribution in [0.3, 0.4) is 0 Å². The quantitative estimate of drug-likeness (QED) is 0.779. The number of hydrogen-bond acceptors (Lipinski definition) is 2. The summed E-state index contributed by atoms with van der Waals surface area (Å²) < 4.78 is 2.22. The first-order chi connectivity index (χ1) is 8.66. The van der Waals surface area contributed by atoms with Gasteiger partial charge in [0, 0.05) is 28.6 Å². The minimum absolute atomic E-state index is 0.0814. The molecule has 3 rings (SSSR count). The molecule has 1 aliphatic heterocycles. The van der Waals surface area contributed by atoms with E-state index in [-0.39, 0.29) is 5.78 Å². The van der Waals surface area contributed by atoms with E-state index in [1.54, 1.807) is 36.0 Å². The first-order valence-electron chi connectivity index (χ1n) is 5.80. The first kappa shape index (κ1) is 11.9. The van der Waals surface area contributed by atoms with Crippen LogP contribution in [0.5, 0.6) is 0 Å². The van der Waals surface area contributed by atoms with Gasteiger partial charge in [0.25, 0.3) is 0 Å². The maximum atomic E-state index is 12.5. The molecule has 0 bridgehead atoms. The molecule has 2 aromatic rings. The number of fused-ring (bicyclic) bond motifs is 1. The summed E-state index contributed by atoms with van der Waals surface area (Å²) in [6, 6.07) is 9.06. The minimum Gasteiger partial charge on any atom is -0.339 e. The molecule has 2 heterocycles. The molecule has 0 amide bonds. The summed E-state index contributed by atoms with van der Waals surface area (Å²) in [5.41, 5.74) is 2.67. The number of aryl methyl sites for hydroxylation is 1. The van der Waals surface area contributed by atoms with Crippen molar-refractivity contribution in [3.63, 3.8) is 0 Å². The third-order valence-corrected chi connectivity index (χ3v) is 4.51. The smallest absolute Gasteiger partial charge is 0.195 e. The van der Waals surface area contributed by atoms with E-state index < -0.39 is 0 Å². The Labute approximate surface area is 115 Å². The Kier molecular flexibility index (Phi) is 2.96. The van der Waals surface area contributed by atoms with Crippen LogP contribution in [-0.4, -0.2) is 16.1 Å². The molecule has 0 atom stereocenters. The van der Waals surface area contributed by atoms with Gasteiger partial charge in [-0.3, -0.25) is 4.79 Å². The van der Waals surface area contributed by atoms with Crippen LogP contribution in [0.1, 0.15) is 21.6 Å². The van der Waals surface area contributed by atoms with Crippen LogP contribution in [0.4, 0.5) is 0 Å². The Hall–Kier alpha value is -1.19. The van der Waals surface area contributed by atoms with Crippen molar-refractivity contribution >= 4 is 29.1 Å². The van der Waals surface area contributed by atoms with Gasteiger partial charge >= 0.3 is 0 Å². The zero-order valence-electron chi connectivity index (χ0n) is 9.94. The highest BCUT2D eigenvalue weighted by Crippen LogP contribution is 2.33. The van der Waals surface area contributed by atoms with Crippen LogP contribution in [0, 0.1) is 6.92 Å². The summed E-state index contributed by atoms with van der Waals surface area (Å²) in [5.74, 6) is 1.13. The van der Waals surface area contributed by atoms with E-state index in [2.05, 4.69) is 4.57 Å². The number of thioether (sulfide) groups is 1. The maximum Gasteiger partial charge on any atom is 0.195 e. The Morgan fingerprint density at radius 3 is 2.78 bits per heavy atom. The van der Waals surface area contributed by atoms with Crippen LogP contribution in [-0.2, 0) is 6.54 Å². The van der Waals surface area contributed by atoms with Gasteiger partial charge in [0.2, 0.25) is 0 Å². The number of ketones is 1. The standard InChI is InChI=1S/C14H12ClNOS/c1-9-8-12(14-16(9)6-7-18-14)13(17)10-2-4-11(15)5-3-10/h2-5,8H,6-7H2,1H3. The topological polar surface area (TPSA) is 22.0 Å². The molecule has 18 heavy (non-hydrogen) atoms. The van der Waals surface area contributed by atoms with E-state index in [0.717, 1.165) is 28.6 Å². The predicted molar refractivity (Wildman–Crippen MR) is 74.8 cm³/mol. The number of benzene rings is 1. The lowest BCUT2D eigenvalue weighted by molar-refractivity contribution is 0.103. The van der Waals surface area contributed by atoms with Crippen molar-refractivity contribution in [1.82, 2.24) is 4.57 Å². The monoisotopic (exact) mass is 277 g/mol. The van der Waals surface area contributed by atoms with Crippen LogP contribution in [0.25, 0.3) is 0 Å². The van der Waals surface area contributed by atoms with Gasteiger partial charge in [0.1, 0.15) is 0 Å². The summed E-state index contributed by atoms with van der Waals surface area (Å²) in [4.78, 5) is 12.5. The predicted octanol–water partition coefficient (Wildman–Crippen LogP) is 3.79. The van der Waals surface area contributed by atoms with Crippen molar-refractivity contribution in [3.8, 4) is 0 Å². The number of hydrogen-bond donors (Lipinski definition) is 0. The normalized spacial score (nSPS) is 13.7. The summed E-state index contributed by atoms with van der Waals surface area (Å²) in [6.07, 6.45) is 0. The molecule has 0 spiro atoms. The molecule has 0 N–H and O–H groups in total. The molecule has 0 radical (unpaired) electrons. The molecular formula is C14H12ClNOS. The van der Waals surface area contributed by atoms with E-state index in [9.17, 15) is 4.79 Å². The van der Waals surface area contributed by atoms with Gasteiger partial charge in [-0.25, -0.2) is 0 Å². The lowest BCUT2D eigenvalue weighted by Gasteiger charge is -2.01. The summed E-state index contributed by atoms with van der Waals surface area (Å²) in [6.45, 7) is 3.05. The van der Waals surface area contributed by atoms with Gasteiger partial charge in [-0.1, -0.05) is 11.6 Å². The fourth-order valence-electron chi connectivity index (χ4n) is 2.24. The number of nitrogens with zero attached hydrogens (tertiary/aromatic N) is 1. The second-order valence-corrected chi connectivity index (χ2v) is 5.86. The molecule has 1 aromatic heterocycles. The van der Waals surface area contributed by atoms with Crippen molar-refractivity contribution in [1.29, 1.82) is 0 Å². The lowest BCUT2D eigenvalue weighted by Crippen LogP contribution is -2.01. The van der Waals surface area contributed by atoms with Crippen molar-refractivity contribution in [2.75, 3.05) is 5.75 Å². The molecule has 0 unspecified atom stereocenters. The highest BCUT2D eigenvalue weighted by molar-refractivity contribution is 7.99. The average molecular weight is 278 g/mol. The Bertz CT molecular complexity index is 615. The van der Waals surface area contributed by atoms with Gasteiger partial charge < -0.3 is 4.57 Å². The van der Waals surface area contributed by atoms with Crippen LogP contribution >= 0.6 is 23.4 Å². The molecule has 0 saturated carbocycles. The summed E-state index contributed by atoms with van der Waals surface area (Å²) in [5, 5.41) is 1.76. The molecule has 0 aliphatic carbocycles. The van der Waals surface area contributed by atoms with E-state index in [1.165, 1.54) is 0 Å². The molecule has 0 fully saturated rings. The summed E-state index contributed by atoms with van der Waals surface area (Å²) in [7, 11) is 0. The van der Waals surface area contributed by atoms with Gasteiger partial charge in [-0.15, -0.1) is 11.8 Å². The second kappa shape index (κ2) is 4.48. The molecule has 92 valence electrons. The highest BCUT2D eigenvalue weighted by atomic mass is 35.5. The third kappa shape index (κ3) is 1.88. The Morgan fingerprint density at radius 2 is 2.06 bits per heavy atom. The number of carbonyl (C=O) groups excluding carboxylic acids is 1. The number of carbonyl (C=O) groups is 1. The van der Waals surface area contributed by atoms with Gasteiger partial charge in [-0.05, 0) is 37.3 Å². The van der Waals surface area contributed by atoms with E-state index >= 15 is 0 Å². The van der Waals surface area contributed by atoms with Crippen LogP contribution in [0.15, 0.2) is 35.4 Å². The molecule has 4 heteroatoms. The number of aromatic nitrogens is 1. The molecule has 2 nitrogen and oxygen atoms in total. The van der Waals surface area contributed by atoms with Crippen molar-refractivity contribution < 1.29 is 4.79 Å². The fraction of sp³-hybridized carbons (Fsp3) is 0.214. The van der Waals surface area contributed by atoms with E-state index in [0.29, 0.717) is 10.6 Å². The van der Waals surface area contributed by atoms with Crippen LogP contribution in [0.2, 0.25) is 5.02 Å². The third-order valence-electron chi connectivity index (χ3n) is 3.16. The minimum atomic E-state index is 0.0814. The molecular weight excluding hydrogens is 266 g/mol. The second-order valence-electron chi connectivity index (χ2n) is 4.34. The molecule has 0 saturated heterocycles. The zero-order chi connectivity index (χ0) is 12.7. The van der Waals surface area contributed by atoms with Crippen molar-refractivity contribution in [3.05, 3.63) is 52.2 Å². The molecule has 1 aromatic carbocycles. The van der Waals surface area contributed by atoms with Crippen LogP contribution < -0.4 is 0 Å². The zero-order valence-corrected chi connectivity index (χ0v) is 11.5. The van der Waals surface area contributed by atoms with Crippen molar-refractivity contribution in [2.24, 2.45) is 0 Å². The average Bonchev–Trinajstić information content (AvgIpc) is 2.94. The SMILES string of the molecule is Cc1cc(C(=O)c2ccc(Cl)cc2)c2n1CCS2. The van der Waals surface area contributed by atoms with Gasteiger partial charge in [0.05, 0.1) is 10.6 Å². The highest BCUT2D eigenvalue weighted by Gasteiger charge is 2.23. The fourth-order valence-corrected chi connectivity index (χ4v) is 3.53. The van der Waals surface area contributed by atoms with Gasteiger partial charge in [-0.2, -0.15) is 0 Å². The van der Waals surface area contributed by atoms with E-state index in [1.807, 2.05) is 13.0 Å². The molecule has 1 aliphatic rings. The van der Waals surface area contributed by atoms with Gasteiger partial charge in [0.15, 0.2) is 5.78 Å².